The number of ether oxygens (including phenoxy) is 1. The molecule has 1 aromatic rings. The number of hydrogen-bond acceptors (Lipinski definition) is 2. The second kappa shape index (κ2) is 7.52. The maximum Gasteiger partial charge on any atom is 0.119 e. The molecule has 0 radical (unpaired) electrons. The predicted molar refractivity (Wildman–Crippen MR) is 116 cm³/mol. The third-order valence-corrected chi connectivity index (χ3v) is 8.76. The number of unbranched alkanes of at least 4 members (excludes halogenated alkanes) is 2. The molecule has 0 bridgehead atoms. The van der Waals surface area contributed by atoms with Gasteiger partial charge in [-0.05, 0) is 90.4 Å². The first-order valence-corrected chi connectivity index (χ1v) is 11.5. The van der Waals surface area contributed by atoms with Gasteiger partial charge in [-0.1, -0.05) is 45.3 Å². The molecule has 1 aromatic carbocycles. The van der Waals surface area contributed by atoms with Crippen LogP contribution in [0, 0.1) is 22.7 Å². The van der Waals surface area contributed by atoms with Gasteiger partial charge in [0.1, 0.15) is 5.75 Å². The van der Waals surface area contributed by atoms with E-state index in [9.17, 15) is 5.11 Å². The van der Waals surface area contributed by atoms with E-state index in [4.69, 9.17) is 4.74 Å². The summed E-state index contributed by atoms with van der Waals surface area (Å²) in [6, 6.07) is 6.76. The quantitative estimate of drug-likeness (QED) is 0.464. The van der Waals surface area contributed by atoms with E-state index in [1.54, 1.807) is 7.11 Å². The topological polar surface area (TPSA) is 29.5 Å². The molecule has 0 aliphatic heterocycles. The summed E-state index contributed by atoms with van der Waals surface area (Å²) in [6.07, 6.45) is 12.8. The van der Waals surface area contributed by atoms with Gasteiger partial charge < -0.3 is 9.84 Å². The lowest BCUT2D eigenvalue weighted by Crippen LogP contribution is -2.54. The molecule has 0 amide bonds. The van der Waals surface area contributed by atoms with Gasteiger partial charge >= 0.3 is 0 Å². The average Bonchev–Trinajstić information content (AvgIpc) is 3.02. The number of benzene rings is 1. The third kappa shape index (κ3) is 2.86. The average molecular weight is 383 g/mol. The van der Waals surface area contributed by atoms with Gasteiger partial charge in [0.2, 0.25) is 0 Å². The molecule has 2 fully saturated rings. The van der Waals surface area contributed by atoms with Crippen molar-refractivity contribution in [1.82, 2.24) is 0 Å². The van der Waals surface area contributed by atoms with Crippen LogP contribution in [0.4, 0.5) is 0 Å². The minimum atomic E-state index is -0.152. The van der Waals surface area contributed by atoms with E-state index < -0.39 is 0 Å². The van der Waals surface area contributed by atoms with Crippen LogP contribution in [0.1, 0.15) is 82.3 Å². The summed E-state index contributed by atoms with van der Waals surface area (Å²) in [6.45, 7) is 9.08. The smallest absolute Gasteiger partial charge is 0.119 e. The van der Waals surface area contributed by atoms with Crippen molar-refractivity contribution in [3.05, 3.63) is 42.0 Å². The molecule has 28 heavy (non-hydrogen) atoms. The summed E-state index contributed by atoms with van der Waals surface area (Å²) in [5, 5.41) is 11.0. The number of rotatable bonds is 6. The summed E-state index contributed by atoms with van der Waals surface area (Å²) in [5.74, 6) is 2.70. The lowest BCUT2D eigenvalue weighted by molar-refractivity contribution is -0.0812. The van der Waals surface area contributed by atoms with Crippen molar-refractivity contribution in [2.24, 2.45) is 22.7 Å². The van der Waals surface area contributed by atoms with Crippen LogP contribution in [-0.4, -0.2) is 18.3 Å². The maximum absolute atomic E-state index is 11.0. The van der Waals surface area contributed by atoms with Crippen LogP contribution in [0.25, 0.3) is 0 Å². The number of aliphatic hydroxyl groups is 1. The Morgan fingerprint density at radius 2 is 2.11 bits per heavy atom. The van der Waals surface area contributed by atoms with Crippen LogP contribution in [-0.2, 0) is 6.42 Å². The van der Waals surface area contributed by atoms with Gasteiger partial charge in [-0.15, -0.1) is 6.58 Å². The summed E-state index contributed by atoms with van der Waals surface area (Å²) in [4.78, 5) is 0. The molecular weight excluding hydrogens is 344 g/mol. The Balaban J connectivity index is 1.80. The van der Waals surface area contributed by atoms with Crippen molar-refractivity contribution in [3.8, 4) is 5.75 Å². The van der Waals surface area contributed by atoms with Crippen molar-refractivity contribution >= 4 is 0 Å². The van der Waals surface area contributed by atoms with Crippen LogP contribution in [0.3, 0.4) is 0 Å². The molecular formula is C26H38O2. The second-order valence-electron chi connectivity index (χ2n) is 9.97. The van der Waals surface area contributed by atoms with Crippen molar-refractivity contribution in [2.45, 2.75) is 83.7 Å². The molecule has 154 valence electrons. The van der Waals surface area contributed by atoms with Crippen molar-refractivity contribution < 1.29 is 9.84 Å². The van der Waals surface area contributed by atoms with Crippen molar-refractivity contribution in [3.63, 3.8) is 0 Å². The van der Waals surface area contributed by atoms with Gasteiger partial charge in [-0.25, -0.2) is 0 Å². The number of methoxy groups -OCH3 is 1. The van der Waals surface area contributed by atoms with E-state index in [0.717, 1.165) is 31.4 Å². The first kappa shape index (κ1) is 20.0. The van der Waals surface area contributed by atoms with Crippen LogP contribution in [0.15, 0.2) is 30.9 Å². The number of aliphatic hydroxyl groups excluding tert-OH is 1. The largest absolute Gasteiger partial charge is 0.497 e. The highest BCUT2D eigenvalue weighted by Gasteiger charge is 2.63. The number of fused-ring (bicyclic) bond motifs is 5. The van der Waals surface area contributed by atoms with Crippen LogP contribution < -0.4 is 4.74 Å². The summed E-state index contributed by atoms with van der Waals surface area (Å²) in [7, 11) is 1.76. The Hall–Kier alpha value is -1.28. The zero-order valence-corrected chi connectivity index (χ0v) is 18.0. The van der Waals surface area contributed by atoms with Crippen LogP contribution in [0.2, 0.25) is 0 Å². The Kier molecular flexibility index (Phi) is 5.37. The van der Waals surface area contributed by atoms with E-state index in [2.05, 4.69) is 44.7 Å². The maximum atomic E-state index is 11.0. The predicted octanol–water partition coefficient (Wildman–Crippen LogP) is 6.27. The fourth-order valence-electron chi connectivity index (χ4n) is 7.47. The van der Waals surface area contributed by atoms with Crippen molar-refractivity contribution in [2.75, 3.05) is 7.11 Å². The Morgan fingerprint density at radius 1 is 1.29 bits per heavy atom. The molecule has 3 unspecified atom stereocenters. The molecule has 2 nitrogen and oxygen atoms in total. The van der Waals surface area contributed by atoms with E-state index >= 15 is 0 Å². The number of allylic oxidation sites excluding steroid dienone is 1. The standard InChI is InChI=1S/C26H38O2/c1-5-7-8-9-19-17-25(3)22(12-13-23(25)27)26(6-2)15-14-18-16-20(28-4)10-11-21(18)24(19)26/h6,10-11,16,19,22-24,27H,2,5,7-9,12-15,17H2,1,3-4H3/t19?,22-,23?,24-,25+,26?/m1/s1. The summed E-state index contributed by atoms with van der Waals surface area (Å²) in [5.41, 5.74) is 3.19. The van der Waals surface area contributed by atoms with E-state index in [-0.39, 0.29) is 16.9 Å². The molecule has 3 aliphatic rings. The molecule has 4 rings (SSSR count). The normalized spacial score (nSPS) is 39.0. The monoisotopic (exact) mass is 382 g/mol. The summed E-state index contributed by atoms with van der Waals surface area (Å²) < 4.78 is 5.52. The van der Waals surface area contributed by atoms with Gasteiger partial charge in [0.05, 0.1) is 13.2 Å². The lowest BCUT2D eigenvalue weighted by atomic mass is 9.44. The zero-order valence-electron chi connectivity index (χ0n) is 18.0. The van der Waals surface area contributed by atoms with Gasteiger partial charge in [-0.2, -0.15) is 0 Å². The molecule has 6 atom stereocenters. The molecule has 0 saturated heterocycles. The highest BCUT2D eigenvalue weighted by atomic mass is 16.5. The minimum Gasteiger partial charge on any atom is -0.497 e. The molecule has 0 spiro atoms. The first-order chi connectivity index (χ1) is 13.5. The fraction of sp³-hybridized carbons (Fsp3) is 0.692. The van der Waals surface area contributed by atoms with Gasteiger partial charge in [0.15, 0.2) is 0 Å². The van der Waals surface area contributed by atoms with Crippen LogP contribution >= 0.6 is 0 Å². The van der Waals surface area contributed by atoms with E-state index in [1.807, 2.05) is 0 Å². The molecule has 3 aliphatic carbocycles. The first-order valence-electron chi connectivity index (χ1n) is 11.5. The second-order valence-corrected chi connectivity index (χ2v) is 9.97. The molecule has 0 aromatic heterocycles. The highest BCUT2D eigenvalue weighted by Crippen LogP contribution is 2.69. The Morgan fingerprint density at radius 3 is 2.82 bits per heavy atom. The molecule has 2 saturated carbocycles. The SMILES string of the molecule is C=CC12CCc3cc(OC)ccc3[C@H]1C(CCCCC)C[C@]1(C)C(O)CC[C@@H]21. The minimum absolute atomic E-state index is 0.0472. The van der Waals surface area contributed by atoms with Gasteiger partial charge in [0.25, 0.3) is 0 Å². The van der Waals surface area contributed by atoms with E-state index in [1.165, 1.54) is 43.2 Å². The van der Waals surface area contributed by atoms with Crippen LogP contribution in [0.5, 0.6) is 5.75 Å². The highest BCUT2D eigenvalue weighted by molar-refractivity contribution is 5.44. The number of hydrogen-bond donors (Lipinski definition) is 1. The Bertz CT molecular complexity index is 725. The van der Waals surface area contributed by atoms with E-state index in [0.29, 0.717) is 17.8 Å². The molecule has 0 heterocycles. The third-order valence-electron chi connectivity index (χ3n) is 8.76. The lowest BCUT2D eigenvalue weighted by Gasteiger charge is -2.60. The van der Waals surface area contributed by atoms with Gasteiger partial charge in [-0.3, -0.25) is 0 Å². The molecule has 1 N–H and O–H groups in total. The molecule has 2 heteroatoms. The van der Waals surface area contributed by atoms with Gasteiger partial charge in [0, 0.05) is 0 Å². The fourth-order valence-corrected chi connectivity index (χ4v) is 7.47. The Labute approximate surface area is 171 Å². The van der Waals surface area contributed by atoms with Crippen molar-refractivity contribution in [1.29, 1.82) is 0 Å². The zero-order chi connectivity index (χ0) is 19.9. The summed E-state index contributed by atoms with van der Waals surface area (Å²) >= 11 is 0. The number of aryl methyl sites for hydroxylation is 1.